The minimum Gasteiger partial charge on any atom is -0.491 e. The Morgan fingerprint density at radius 2 is 1.29 bits per heavy atom. The average Bonchev–Trinajstić information content (AvgIpc) is 3.39. The van der Waals surface area contributed by atoms with Gasteiger partial charge in [0.15, 0.2) is 5.79 Å². The van der Waals surface area contributed by atoms with Crippen LogP contribution in [0.3, 0.4) is 0 Å². The van der Waals surface area contributed by atoms with Crippen LogP contribution in [0.2, 0.25) is 0 Å². The van der Waals surface area contributed by atoms with Gasteiger partial charge < -0.3 is 38.6 Å². The lowest BCUT2D eigenvalue weighted by Gasteiger charge is -2.17. The Balaban J connectivity index is -0.000000336. The number of aliphatic hydroxyl groups is 2. The van der Waals surface area contributed by atoms with E-state index in [1.54, 1.807) is 12.1 Å². The smallest absolute Gasteiger partial charge is 0.402 e. The minimum atomic E-state index is -1.05. The van der Waals surface area contributed by atoms with Crippen LogP contribution in [0, 0.1) is 0 Å². The molecule has 2 atom stereocenters. The van der Waals surface area contributed by atoms with Crippen molar-refractivity contribution >= 4 is 90.8 Å². The Labute approximate surface area is 314 Å². The Hall–Kier alpha value is -3.69. The largest absolute Gasteiger partial charge is 0.491 e. The second-order valence-electron chi connectivity index (χ2n) is 9.31. The fourth-order valence-corrected chi connectivity index (χ4v) is 2.80. The number of halogens is 1. The van der Waals surface area contributed by atoms with Crippen LogP contribution in [0.15, 0.2) is 58.8 Å². The SMILES string of the molecule is C.C.CC1(C)OCC(COc2ccc(OC(=O)N=[N+]=[N-])cc2)O1.Cl.[B]B([B])[B].[B][B]B([B])[B].[N-]=[N+]=NC(=O)Oc1ccc(OCC(O)CO)cc1. The summed E-state index contributed by atoms with van der Waals surface area (Å²) in [6.07, 6.45) is -4.27. The molecule has 1 fully saturated rings. The molecule has 2 aromatic carbocycles. The van der Waals surface area contributed by atoms with Gasteiger partial charge in [-0.15, -0.1) is 12.4 Å². The number of nitrogens with zero attached hydrogens (tertiary/aromatic N) is 6. The Morgan fingerprint density at radius 3 is 1.61 bits per heavy atom. The van der Waals surface area contributed by atoms with E-state index < -0.39 is 36.8 Å². The molecule has 1 aliphatic heterocycles. The first-order chi connectivity index (χ1) is 22.6. The lowest BCUT2D eigenvalue weighted by Crippen LogP contribution is -2.25. The molecule has 0 spiro atoms. The van der Waals surface area contributed by atoms with E-state index >= 15 is 0 Å². The Kier molecular flexibility index (Phi) is 33.0. The second-order valence-corrected chi connectivity index (χ2v) is 9.31. The van der Waals surface area contributed by atoms with Crippen molar-refractivity contribution in [1.29, 1.82) is 0 Å². The molecule has 1 saturated heterocycles. The van der Waals surface area contributed by atoms with Gasteiger partial charge >= 0.3 is 12.2 Å². The van der Waals surface area contributed by atoms with Crippen LogP contribution in [-0.4, -0.2) is 133 Å². The number of hydrogen-bond acceptors (Lipinski definition) is 10. The third-order valence-corrected chi connectivity index (χ3v) is 4.69. The molecule has 3 rings (SSSR count). The van der Waals surface area contributed by atoms with E-state index in [4.69, 9.17) is 68.2 Å². The Bertz CT molecular complexity index is 1330. The third-order valence-electron chi connectivity index (χ3n) is 4.69. The molecule has 0 aliphatic carbocycles. The number of hydrogen-bond donors (Lipinski definition) is 2. The number of amides is 2. The van der Waals surface area contributed by atoms with E-state index in [2.05, 4.69) is 48.0 Å². The van der Waals surface area contributed by atoms with Crippen molar-refractivity contribution in [2.45, 2.75) is 46.7 Å². The number of rotatable bonds is 10. The van der Waals surface area contributed by atoms with Gasteiger partial charge in [0.1, 0.15) is 48.4 Å². The number of carbonyl (C=O) groups excluding carboxylic acids is 2. The molecule has 2 unspecified atom stereocenters. The molecule has 1 heterocycles. The molecule has 51 heavy (non-hydrogen) atoms. The molecule has 2 amide bonds. The summed E-state index contributed by atoms with van der Waals surface area (Å²) in [6, 6.07) is 12.2. The van der Waals surface area contributed by atoms with Crippen LogP contribution < -0.4 is 18.9 Å². The number of azide groups is 2. The molecule has 0 bridgehead atoms. The first kappa shape index (κ1) is 54.1. The van der Waals surface area contributed by atoms with Crippen LogP contribution in [0.1, 0.15) is 28.7 Å². The zero-order valence-electron chi connectivity index (χ0n) is 26.6. The molecule has 0 aromatic heterocycles. The minimum absolute atomic E-state index is 0. The molecule has 16 nitrogen and oxygen atoms in total. The van der Waals surface area contributed by atoms with Crippen molar-refractivity contribution in [2.24, 2.45) is 10.2 Å². The van der Waals surface area contributed by atoms with Gasteiger partial charge in [-0.2, -0.15) is 0 Å². The maximum Gasteiger partial charge on any atom is 0.402 e. The summed E-state index contributed by atoms with van der Waals surface area (Å²) >= 11 is 0. The highest BCUT2D eigenvalue weighted by Crippen LogP contribution is 2.24. The van der Waals surface area contributed by atoms with Gasteiger partial charge in [-0.25, -0.2) is 9.59 Å². The monoisotopic (exact) mass is 713 g/mol. The highest BCUT2D eigenvalue weighted by Gasteiger charge is 2.32. The predicted molar refractivity (Wildman–Crippen MR) is 205 cm³/mol. The van der Waals surface area contributed by atoms with Crippen molar-refractivity contribution in [3.05, 3.63) is 69.4 Å². The first-order valence-electron chi connectivity index (χ1n) is 13.6. The average molecular weight is 712 g/mol. The maximum absolute atomic E-state index is 11.0. The van der Waals surface area contributed by atoms with Crippen molar-refractivity contribution in [1.82, 2.24) is 0 Å². The summed E-state index contributed by atoms with van der Waals surface area (Å²) in [7, 11) is 29.8. The summed E-state index contributed by atoms with van der Waals surface area (Å²) in [5, 5.41) is 23.2. The van der Waals surface area contributed by atoms with Crippen LogP contribution >= 0.6 is 12.4 Å². The summed E-state index contributed by atoms with van der Waals surface area (Å²) in [4.78, 5) is 26.4. The van der Waals surface area contributed by atoms with E-state index in [1.165, 1.54) is 43.5 Å². The van der Waals surface area contributed by atoms with Crippen molar-refractivity contribution in [2.75, 3.05) is 26.4 Å². The molecule has 2 N–H and O–H groups in total. The first-order valence-corrected chi connectivity index (χ1v) is 13.6. The van der Waals surface area contributed by atoms with Crippen LogP contribution in [-0.2, 0) is 9.47 Å². The second kappa shape index (κ2) is 31.1. The molecule has 0 saturated carbocycles. The zero-order valence-corrected chi connectivity index (χ0v) is 27.4. The van der Waals surface area contributed by atoms with E-state index in [1.807, 2.05) is 13.8 Å². The fraction of sp³-hybridized carbons (Fsp3) is 0.440. The van der Waals surface area contributed by atoms with Gasteiger partial charge in [-0.3, -0.25) is 0 Å². The lowest BCUT2D eigenvalue weighted by molar-refractivity contribution is -0.141. The molecule has 1 aliphatic rings. The molecule has 259 valence electrons. The fourth-order valence-electron chi connectivity index (χ4n) is 2.80. The normalized spacial score (nSPS) is 13.1. The maximum atomic E-state index is 11.0. The summed E-state index contributed by atoms with van der Waals surface area (Å²) in [6.45, 7) is 4.10. The quantitative estimate of drug-likeness (QED) is 0.158. The molecule has 2 aromatic rings. The molecular formula is C25H35B9ClN6O10. The van der Waals surface area contributed by atoms with Gasteiger partial charge in [0.25, 0.3) is 0 Å². The van der Waals surface area contributed by atoms with Crippen LogP contribution in [0.5, 0.6) is 23.0 Å². The Morgan fingerprint density at radius 1 is 0.922 bits per heavy atom. The predicted octanol–water partition coefficient (Wildman–Crippen LogP) is 2.52. The van der Waals surface area contributed by atoms with Gasteiger partial charge in [-0.05, 0) is 73.4 Å². The summed E-state index contributed by atoms with van der Waals surface area (Å²) in [5.74, 6) is 0.926. The van der Waals surface area contributed by atoms with Crippen LogP contribution in [0.4, 0.5) is 9.59 Å². The summed E-state index contributed by atoms with van der Waals surface area (Å²) < 4.78 is 31.1. The van der Waals surface area contributed by atoms with Crippen molar-refractivity contribution < 1.29 is 48.2 Å². The van der Waals surface area contributed by atoms with Gasteiger partial charge in [0, 0.05) is 86.3 Å². The molecule has 13 radical (unpaired) electrons. The topological polar surface area (TPSA) is 227 Å². The number of ether oxygens (including phenoxy) is 6. The van der Waals surface area contributed by atoms with E-state index in [0.29, 0.717) is 24.7 Å². The molecule has 26 heteroatoms. The highest BCUT2D eigenvalue weighted by atomic mass is 35.5. The van der Waals surface area contributed by atoms with E-state index in [-0.39, 0.29) is 58.1 Å². The van der Waals surface area contributed by atoms with Crippen molar-refractivity contribution in [3.8, 4) is 23.0 Å². The highest BCUT2D eigenvalue weighted by molar-refractivity contribution is 7.60. The standard InChI is InChI=1S/C13H15N3O5.C10H11N3O5.2CH4.B5.B4.ClH/c1-13(2)19-8-11(21-13)7-18-9-3-5-10(6-4-9)20-12(17)15-16-14;11-13-12-10(16)18-9-3-1-8(2-4-9)17-6-7(15)5-14;;;1-4-5(2)3;1-4(2)3;/h3-6,11H,7-8H2,1-2H3;1-4,7,14-15H,5-6H2;2*1H4;;;1H. The van der Waals surface area contributed by atoms with E-state index in [0.717, 1.165) is 0 Å². The number of aliphatic hydroxyl groups excluding tert-OH is 2. The van der Waals surface area contributed by atoms with Gasteiger partial charge in [-0.1, -0.05) is 14.9 Å². The van der Waals surface area contributed by atoms with Crippen molar-refractivity contribution in [3.63, 3.8) is 0 Å². The summed E-state index contributed by atoms with van der Waals surface area (Å²) in [5.41, 5.74) is 16.1. The van der Waals surface area contributed by atoms with Crippen LogP contribution in [0.25, 0.3) is 20.9 Å². The lowest BCUT2D eigenvalue weighted by atomic mass is 8.97. The van der Waals surface area contributed by atoms with Gasteiger partial charge in [0.2, 0.25) is 0 Å². The third kappa shape index (κ3) is 29.7. The van der Waals surface area contributed by atoms with E-state index in [9.17, 15) is 9.59 Å². The number of carbonyl (C=O) groups is 2. The van der Waals surface area contributed by atoms with Gasteiger partial charge in [0.05, 0.1) is 13.2 Å². The molecular weight excluding hydrogens is 677 g/mol. The number of benzene rings is 2. The zero-order chi connectivity index (χ0) is 36.5.